The number of nitrogens with one attached hydrogen (secondary N) is 1. The summed E-state index contributed by atoms with van der Waals surface area (Å²) in [6, 6.07) is 9.92. The summed E-state index contributed by atoms with van der Waals surface area (Å²) in [6.45, 7) is 2.42. The molecule has 4 nitrogen and oxygen atoms in total. The molecule has 21 heavy (non-hydrogen) atoms. The number of hydrogen-bond acceptors (Lipinski definition) is 3. The van der Waals surface area contributed by atoms with E-state index >= 15 is 0 Å². The number of sulfonamides is 1. The fraction of sp³-hybridized carbons (Fsp3) is 0.625. The van der Waals surface area contributed by atoms with Crippen molar-refractivity contribution in [2.24, 2.45) is 0 Å². The number of benzene rings is 1. The van der Waals surface area contributed by atoms with E-state index in [9.17, 15) is 8.42 Å². The minimum Gasteiger partial charge on any atom is -0.372 e. The predicted molar refractivity (Wildman–Crippen MR) is 84.5 cm³/mol. The van der Waals surface area contributed by atoms with Crippen LogP contribution in [0.25, 0.3) is 0 Å². The quantitative estimate of drug-likeness (QED) is 0.842. The summed E-state index contributed by atoms with van der Waals surface area (Å²) >= 11 is 0. The first-order chi connectivity index (χ1) is 10.1. The van der Waals surface area contributed by atoms with Gasteiger partial charge in [-0.1, -0.05) is 50.1 Å². The van der Waals surface area contributed by atoms with Crippen LogP contribution in [-0.2, 0) is 21.4 Å². The Labute approximate surface area is 127 Å². The molecule has 1 aromatic rings. The van der Waals surface area contributed by atoms with E-state index in [1.165, 1.54) is 0 Å². The molecule has 0 aliphatic heterocycles. The van der Waals surface area contributed by atoms with Crippen LogP contribution in [0.3, 0.4) is 0 Å². The fourth-order valence-corrected chi connectivity index (χ4v) is 4.15. The van der Waals surface area contributed by atoms with Gasteiger partial charge in [-0.3, -0.25) is 0 Å². The summed E-state index contributed by atoms with van der Waals surface area (Å²) in [4.78, 5) is 0. The van der Waals surface area contributed by atoms with Crippen LogP contribution in [0.1, 0.15) is 44.6 Å². The number of hydrogen-bond donors (Lipinski definition) is 1. The van der Waals surface area contributed by atoms with Crippen molar-refractivity contribution in [2.45, 2.75) is 57.8 Å². The molecular weight excluding hydrogens is 286 g/mol. The molecule has 0 spiro atoms. The second kappa shape index (κ2) is 7.92. The van der Waals surface area contributed by atoms with Crippen molar-refractivity contribution in [2.75, 3.05) is 5.75 Å². The van der Waals surface area contributed by atoms with E-state index in [2.05, 4.69) is 4.72 Å². The van der Waals surface area contributed by atoms with E-state index in [1.807, 2.05) is 37.3 Å². The predicted octanol–water partition coefficient (Wildman–Crippen LogP) is 2.84. The Morgan fingerprint density at radius 2 is 1.90 bits per heavy atom. The van der Waals surface area contributed by atoms with E-state index < -0.39 is 10.0 Å². The molecule has 0 aromatic heterocycles. The Bertz CT molecular complexity index is 516. The average Bonchev–Trinajstić information content (AvgIpc) is 2.47. The second-order valence-corrected chi connectivity index (χ2v) is 7.54. The fourth-order valence-electron chi connectivity index (χ4n) is 2.77. The lowest BCUT2D eigenvalue weighted by Gasteiger charge is -2.32. The lowest BCUT2D eigenvalue weighted by atomic mass is 9.93. The van der Waals surface area contributed by atoms with Gasteiger partial charge in [0.2, 0.25) is 10.0 Å². The zero-order chi connectivity index (χ0) is 15.1. The first-order valence-electron chi connectivity index (χ1n) is 7.76. The van der Waals surface area contributed by atoms with Gasteiger partial charge in [-0.2, -0.15) is 0 Å². The number of ether oxygens (including phenoxy) is 1. The van der Waals surface area contributed by atoms with Gasteiger partial charge in [-0.15, -0.1) is 0 Å². The normalized spacial score (nSPS) is 23.1. The molecule has 0 amide bonds. The van der Waals surface area contributed by atoms with E-state index in [0.29, 0.717) is 13.0 Å². The maximum absolute atomic E-state index is 12.0. The molecule has 1 aromatic carbocycles. The molecule has 5 heteroatoms. The van der Waals surface area contributed by atoms with Gasteiger partial charge in [0.1, 0.15) is 0 Å². The van der Waals surface area contributed by atoms with Gasteiger partial charge in [-0.05, 0) is 24.8 Å². The monoisotopic (exact) mass is 311 g/mol. The molecule has 2 unspecified atom stereocenters. The molecule has 0 radical (unpaired) electrons. The van der Waals surface area contributed by atoms with Crippen LogP contribution >= 0.6 is 0 Å². The molecule has 1 saturated carbocycles. The summed E-state index contributed by atoms with van der Waals surface area (Å²) < 4.78 is 32.7. The van der Waals surface area contributed by atoms with Crippen LogP contribution in [0, 0.1) is 0 Å². The zero-order valence-corrected chi connectivity index (χ0v) is 13.4. The van der Waals surface area contributed by atoms with Gasteiger partial charge in [0.05, 0.1) is 18.5 Å². The van der Waals surface area contributed by atoms with Crippen molar-refractivity contribution in [1.82, 2.24) is 4.72 Å². The Morgan fingerprint density at radius 3 is 2.62 bits per heavy atom. The standard InChI is InChI=1S/C16H25NO3S/c1-2-12-21(18,19)17-15-10-6-7-11-16(15)20-13-14-8-4-3-5-9-14/h3-5,8-9,15-17H,2,6-7,10-13H2,1H3. The first-order valence-corrected chi connectivity index (χ1v) is 9.41. The maximum atomic E-state index is 12.0. The molecule has 1 aliphatic carbocycles. The minimum atomic E-state index is -3.18. The molecule has 1 aliphatic rings. The molecular formula is C16H25NO3S. The van der Waals surface area contributed by atoms with Gasteiger partial charge in [0.25, 0.3) is 0 Å². The molecule has 1 fully saturated rings. The van der Waals surface area contributed by atoms with Crippen LogP contribution in [0.2, 0.25) is 0 Å². The van der Waals surface area contributed by atoms with Crippen LogP contribution in [0.4, 0.5) is 0 Å². The summed E-state index contributed by atoms with van der Waals surface area (Å²) in [5.74, 6) is 0.189. The van der Waals surface area contributed by atoms with Gasteiger partial charge in [0, 0.05) is 6.04 Å². The number of rotatable bonds is 7. The zero-order valence-electron chi connectivity index (χ0n) is 12.6. The molecule has 118 valence electrons. The largest absolute Gasteiger partial charge is 0.372 e. The highest BCUT2D eigenvalue weighted by Gasteiger charge is 2.29. The van der Waals surface area contributed by atoms with E-state index in [0.717, 1.165) is 31.2 Å². The van der Waals surface area contributed by atoms with Crippen LogP contribution < -0.4 is 4.72 Å². The van der Waals surface area contributed by atoms with Crippen molar-refractivity contribution >= 4 is 10.0 Å². The molecule has 0 heterocycles. The van der Waals surface area contributed by atoms with Crippen LogP contribution in [0.15, 0.2) is 30.3 Å². The van der Waals surface area contributed by atoms with Crippen molar-refractivity contribution in [1.29, 1.82) is 0 Å². The van der Waals surface area contributed by atoms with Gasteiger partial charge >= 0.3 is 0 Å². The third-order valence-corrected chi connectivity index (χ3v) is 5.42. The molecule has 2 atom stereocenters. The summed E-state index contributed by atoms with van der Waals surface area (Å²) in [5.41, 5.74) is 1.12. The highest BCUT2D eigenvalue weighted by Crippen LogP contribution is 2.23. The Hall–Kier alpha value is -0.910. The van der Waals surface area contributed by atoms with Crippen molar-refractivity contribution in [3.05, 3.63) is 35.9 Å². The third-order valence-electron chi connectivity index (χ3n) is 3.81. The first kappa shape index (κ1) is 16.5. The lowest BCUT2D eigenvalue weighted by molar-refractivity contribution is 0.0000326. The maximum Gasteiger partial charge on any atom is 0.211 e. The van der Waals surface area contributed by atoms with Crippen molar-refractivity contribution in [3.63, 3.8) is 0 Å². The topological polar surface area (TPSA) is 55.4 Å². The molecule has 2 rings (SSSR count). The summed E-state index contributed by atoms with van der Waals surface area (Å²) in [5, 5.41) is 0. The minimum absolute atomic E-state index is 0.0226. The van der Waals surface area contributed by atoms with Crippen molar-refractivity contribution < 1.29 is 13.2 Å². The average molecular weight is 311 g/mol. The van der Waals surface area contributed by atoms with Crippen LogP contribution in [0.5, 0.6) is 0 Å². The summed E-state index contributed by atoms with van der Waals surface area (Å²) in [7, 11) is -3.18. The molecule has 0 saturated heterocycles. The highest BCUT2D eigenvalue weighted by atomic mass is 32.2. The van der Waals surface area contributed by atoms with Gasteiger partial charge in [-0.25, -0.2) is 13.1 Å². The smallest absolute Gasteiger partial charge is 0.211 e. The van der Waals surface area contributed by atoms with E-state index in [4.69, 9.17) is 4.74 Å². The Kier molecular flexibility index (Phi) is 6.21. The third kappa shape index (κ3) is 5.41. The van der Waals surface area contributed by atoms with Gasteiger partial charge in [0.15, 0.2) is 0 Å². The van der Waals surface area contributed by atoms with E-state index in [-0.39, 0.29) is 17.9 Å². The Balaban J connectivity index is 1.92. The molecule has 1 N–H and O–H groups in total. The second-order valence-electron chi connectivity index (χ2n) is 5.66. The summed E-state index contributed by atoms with van der Waals surface area (Å²) in [6.07, 6.45) is 4.56. The van der Waals surface area contributed by atoms with Crippen LogP contribution in [-0.4, -0.2) is 26.3 Å². The lowest BCUT2D eigenvalue weighted by Crippen LogP contribution is -2.46. The van der Waals surface area contributed by atoms with Gasteiger partial charge < -0.3 is 4.74 Å². The van der Waals surface area contributed by atoms with Crippen molar-refractivity contribution in [3.8, 4) is 0 Å². The van der Waals surface area contributed by atoms with E-state index in [1.54, 1.807) is 0 Å². The highest BCUT2D eigenvalue weighted by molar-refractivity contribution is 7.89. The Morgan fingerprint density at radius 1 is 1.19 bits per heavy atom. The molecule has 0 bridgehead atoms. The SMILES string of the molecule is CCCS(=O)(=O)NC1CCCCC1OCc1ccccc1.